The van der Waals surface area contributed by atoms with Crippen molar-refractivity contribution in [3.05, 3.63) is 111 Å². The summed E-state index contributed by atoms with van der Waals surface area (Å²) in [5, 5.41) is 48.5. The average Bonchev–Trinajstić information content (AvgIpc) is 2.93. The predicted molar refractivity (Wildman–Crippen MR) is 144 cm³/mol. The van der Waals surface area contributed by atoms with Crippen LogP contribution in [0.25, 0.3) is 44.6 Å². The summed E-state index contributed by atoms with van der Waals surface area (Å²) in [5.74, 6) is -1.34. The second-order valence-electron chi connectivity index (χ2n) is 8.48. The third-order valence-electron chi connectivity index (χ3n) is 5.90. The first-order chi connectivity index (χ1) is 18.7. The Morgan fingerprint density at radius 2 is 1.26 bits per heavy atom. The SMILES string of the molecule is O=c1c(O)c(-c2cccc(O)c2O)oc2ccc(O)cc12.O=c1cc(-c2ccc(O)cc2)oc2ccccc12. The van der Waals surface area contributed by atoms with E-state index in [1.165, 1.54) is 42.5 Å². The summed E-state index contributed by atoms with van der Waals surface area (Å²) in [6.45, 7) is 0. The lowest BCUT2D eigenvalue weighted by molar-refractivity contribution is 0.402. The number of benzene rings is 4. The van der Waals surface area contributed by atoms with Crippen LogP contribution >= 0.6 is 0 Å². The number of fused-ring (bicyclic) bond motifs is 2. The zero-order valence-corrected chi connectivity index (χ0v) is 20.0. The van der Waals surface area contributed by atoms with Gasteiger partial charge in [-0.05, 0) is 66.7 Å². The predicted octanol–water partition coefficient (Wildman–Crippen LogP) is 5.45. The van der Waals surface area contributed by atoms with Gasteiger partial charge >= 0.3 is 0 Å². The molecule has 2 heterocycles. The maximum absolute atomic E-state index is 12.1. The third-order valence-corrected chi connectivity index (χ3v) is 5.90. The van der Waals surface area contributed by atoms with E-state index in [4.69, 9.17) is 8.83 Å². The second kappa shape index (κ2) is 9.98. The molecule has 0 fully saturated rings. The van der Waals surface area contributed by atoms with Crippen molar-refractivity contribution < 1.29 is 34.4 Å². The van der Waals surface area contributed by atoms with Crippen LogP contribution in [0.2, 0.25) is 0 Å². The van der Waals surface area contributed by atoms with Crippen LogP contribution in [0, 0.1) is 0 Å². The molecule has 0 aliphatic rings. The zero-order chi connectivity index (χ0) is 27.7. The van der Waals surface area contributed by atoms with Crippen LogP contribution in [0.1, 0.15) is 0 Å². The minimum absolute atomic E-state index is 0.0101. The normalized spacial score (nSPS) is 10.8. The molecule has 2 aromatic heterocycles. The van der Waals surface area contributed by atoms with Gasteiger partial charge in [0, 0.05) is 11.6 Å². The van der Waals surface area contributed by atoms with Gasteiger partial charge in [0.05, 0.1) is 16.3 Å². The van der Waals surface area contributed by atoms with Crippen molar-refractivity contribution in [3.63, 3.8) is 0 Å². The van der Waals surface area contributed by atoms with E-state index < -0.39 is 22.7 Å². The number of aromatic hydroxyl groups is 5. The molecule has 5 N–H and O–H groups in total. The lowest BCUT2D eigenvalue weighted by atomic mass is 10.1. The van der Waals surface area contributed by atoms with E-state index in [0.717, 1.165) is 5.56 Å². The molecule has 6 rings (SSSR count). The molecule has 6 aromatic rings. The molecule has 0 saturated carbocycles. The minimum atomic E-state index is -0.745. The van der Waals surface area contributed by atoms with Crippen LogP contribution in [0.3, 0.4) is 0 Å². The molecule has 0 saturated heterocycles. The quantitative estimate of drug-likeness (QED) is 0.186. The number of para-hydroxylation sites is 2. The lowest BCUT2D eigenvalue weighted by Gasteiger charge is -2.08. The third kappa shape index (κ3) is 4.84. The summed E-state index contributed by atoms with van der Waals surface area (Å²) >= 11 is 0. The number of hydrogen-bond acceptors (Lipinski definition) is 9. The monoisotopic (exact) mass is 524 g/mol. The maximum atomic E-state index is 12.1. The molecule has 39 heavy (non-hydrogen) atoms. The maximum Gasteiger partial charge on any atom is 0.235 e. The second-order valence-corrected chi connectivity index (χ2v) is 8.48. The topological polar surface area (TPSA) is 162 Å². The summed E-state index contributed by atoms with van der Waals surface area (Å²) in [7, 11) is 0. The Bertz CT molecular complexity index is 1950. The smallest absolute Gasteiger partial charge is 0.235 e. The van der Waals surface area contributed by atoms with Crippen LogP contribution < -0.4 is 10.9 Å². The molecule has 0 bridgehead atoms. The molecular formula is C30H20O9. The zero-order valence-electron chi connectivity index (χ0n) is 20.0. The molecule has 9 heteroatoms. The number of phenols is 4. The highest BCUT2D eigenvalue weighted by Crippen LogP contribution is 2.40. The van der Waals surface area contributed by atoms with Gasteiger partial charge in [-0.2, -0.15) is 0 Å². The van der Waals surface area contributed by atoms with Crippen molar-refractivity contribution in [1.29, 1.82) is 0 Å². The van der Waals surface area contributed by atoms with E-state index in [1.54, 1.807) is 42.5 Å². The van der Waals surface area contributed by atoms with Crippen LogP contribution in [0.4, 0.5) is 0 Å². The van der Waals surface area contributed by atoms with Crippen LogP contribution in [-0.4, -0.2) is 25.5 Å². The average molecular weight is 524 g/mol. The van der Waals surface area contributed by atoms with E-state index in [9.17, 15) is 35.1 Å². The van der Waals surface area contributed by atoms with Crippen molar-refractivity contribution >= 4 is 21.9 Å². The summed E-state index contributed by atoms with van der Waals surface area (Å²) in [6.07, 6.45) is 0. The van der Waals surface area contributed by atoms with Gasteiger partial charge in [0.15, 0.2) is 22.7 Å². The molecule has 4 aromatic carbocycles. The van der Waals surface area contributed by atoms with Crippen molar-refractivity contribution in [2.45, 2.75) is 0 Å². The molecule has 0 amide bonds. The van der Waals surface area contributed by atoms with Gasteiger partial charge in [-0.1, -0.05) is 18.2 Å². The minimum Gasteiger partial charge on any atom is -0.508 e. The van der Waals surface area contributed by atoms with E-state index in [1.807, 2.05) is 6.07 Å². The Kier molecular flexibility index (Phi) is 6.39. The molecule has 194 valence electrons. The van der Waals surface area contributed by atoms with Crippen molar-refractivity contribution in [2.24, 2.45) is 0 Å². The molecule has 0 aliphatic heterocycles. The van der Waals surface area contributed by atoms with Crippen LogP contribution in [-0.2, 0) is 0 Å². The highest BCUT2D eigenvalue weighted by Gasteiger charge is 2.19. The fourth-order valence-corrected chi connectivity index (χ4v) is 3.94. The van der Waals surface area contributed by atoms with Gasteiger partial charge in [-0.15, -0.1) is 0 Å². The Balaban J connectivity index is 0.000000160. The van der Waals surface area contributed by atoms with Gasteiger partial charge in [0.25, 0.3) is 0 Å². The molecule has 0 unspecified atom stereocenters. The van der Waals surface area contributed by atoms with Gasteiger partial charge in [-0.25, -0.2) is 0 Å². The summed E-state index contributed by atoms with van der Waals surface area (Å²) in [4.78, 5) is 24.0. The van der Waals surface area contributed by atoms with E-state index in [2.05, 4.69) is 0 Å². The number of phenolic OH excluding ortho intramolecular Hbond substituents is 4. The van der Waals surface area contributed by atoms with E-state index in [0.29, 0.717) is 16.7 Å². The molecule has 0 aliphatic carbocycles. The van der Waals surface area contributed by atoms with Gasteiger partial charge in [-0.3, -0.25) is 9.59 Å². The standard InChI is InChI=1S/C15H10O6.C15H10O3/c16-7-4-5-11-9(6-7)13(19)14(20)15(21-11)8-2-1-3-10(17)12(8)18;16-11-7-5-10(6-8-11)15-9-13(17)12-3-1-2-4-14(12)18-15/h1-6,16-18,20H;1-9,16H. The largest absolute Gasteiger partial charge is 0.508 e. The molecule has 0 spiro atoms. The molecule has 0 radical (unpaired) electrons. The summed E-state index contributed by atoms with van der Waals surface area (Å²) < 4.78 is 11.1. The Morgan fingerprint density at radius 3 is 2.03 bits per heavy atom. The fraction of sp³-hybridized carbons (Fsp3) is 0. The first-order valence-electron chi connectivity index (χ1n) is 11.6. The first kappa shape index (κ1) is 25.0. The number of hydrogen-bond donors (Lipinski definition) is 5. The van der Waals surface area contributed by atoms with Crippen molar-refractivity contribution in [3.8, 4) is 51.4 Å². The Labute approximate surface area is 219 Å². The van der Waals surface area contributed by atoms with Crippen molar-refractivity contribution in [2.75, 3.05) is 0 Å². The summed E-state index contributed by atoms with van der Waals surface area (Å²) in [5.41, 5.74) is 0.626. The van der Waals surface area contributed by atoms with Crippen LogP contribution in [0.15, 0.2) is 109 Å². The van der Waals surface area contributed by atoms with Crippen LogP contribution in [0.5, 0.6) is 28.7 Å². The van der Waals surface area contributed by atoms with Gasteiger partial charge in [0.2, 0.25) is 11.2 Å². The Hall–Kier alpha value is -5.70. The molecule has 9 nitrogen and oxygen atoms in total. The highest BCUT2D eigenvalue weighted by atomic mass is 16.4. The highest BCUT2D eigenvalue weighted by molar-refractivity contribution is 5.84. The fourth-order valence-electron chi connectivity index (χ4n) is 3.94. The first-order valence-corrected chi connectivity index (χ1v) is 11.6. The van der Waals surface area contributed by atoms with Gasteiger partial charge < -0.3 is 34.4 Å². The van der Waals surface area contributed by atoms with Gasteiger partial charge in [0.1, 0.15) is 28.4 Å². The molecular weight excluding hydrogens is 504 g/mol. The lowest BCUT2D eigenvalue weighted by Crippen LogP contribution is -2.02. The summed E-state index contributed by atoms with van der Waals surface area (Å²) in [6, 6.07) is 23.1. The molecule has 0 atom stereocenters. The van der Waals surface area contributed by atoms with E-state index >= 15 is 0 Å². The number of rotatable bonds is 2. The van der Waals surface area contributed by atoms with E-state index in [-0.39, 0.29) is 39.2 Å². The Morgan fingerprint density at radius 1 is 0.564 bits per heavy atom. The van der Waals surface area contributed by atoms with Crippen molar-refractivity contribution in [1.82, 2.24) is 0 Å².